The van der Waals surface area contributed by atoms with Crippen molar-refractivity contribution in [1.82, 2.24) is 15.8 Å². The summed E-state index contributed by atoms with van der Waals surface area (Å²) in [5.41, 5.74) is 5.71. The molecule has 8 nitrogen and oxygen atoms in total. The molecule has 38 heavy (non-hydrogen) atoms. The van der Waals surface area contributed by atoms with Gasteiger partial charge >= 0.3 is 6.18 Å². The summed E-state index contributed by atoms with van der Waals surface area (Å²) in [5, 5.41) is 13.9. The average Bonchev–Trinajstić information content (AvgIpc) is 3.24. The number of hydrogen-bond donors (Lipinski definition) is 2. The van der Waals surface area contributed by atoms with Crippen molar-refractivity contribution in [2.75, 3.05) is 18.6 Å². The number of anilines is 1. The van der Waals surface area contributed by atoms with Gasteiger partial charge in [0.15, 0.2) is 0 Å². The van der Waals surface area contributed by atoms with E-state index < -0.39 is 30.1 Å². The average molecular weight is 526 g/mol. The molecule has 5 rings (SSSR count). The largest absolute Gasteiger partial charge is 0.495 e. The molecule has 2 unspecified atom stereocenters. The van der Waals surface area contributed by atoms with Gasteiger partial charge in [-0.05, 0) is 61.6 Å². The van der Waals surface area contributed by atoms with Crippen molar-refractivity contribution in [3.63, 3.8) is 0 Å². The number of alkyl halides is 3. The quantitative estimate of drug-likeness (QED) is 0.616. The second kappa shape index (κ2) is 9.68. The number of hydrogen-bond acceptors (Lipinski definition) is 6. The highest BCUT2D eigenvalue weighted by molar-refractivity contribution is 6.02. The zero-order valence-corrected chi connectivity index (χ0v) is 20.7. The van der Waals surface area contributed by atoms with Gasteiger partial charge in [-0.15, -0.1) is 0 Å². The number of amides is 2. The summed E-state index contributed by atoms with van der Waals surface area (Å²) in [6, 6.07) is 12.3. The molecule has 2 aliphatic heterocycles. The molecule has 2 aromatic rings. The summed E-state index contributed by atoms with van der Waals surface area (Å²) in [5.74, 6) is -1.71. The number of allylic oxidation sites excluding steroid dienone is 1. The number of nitrogens with one attached hydrogen (secondary N) is 2. The molecule has 2 atom stereocenters. The maximum atomic E-state index is 13.6. The van der Waals surface area contributed by atoms with Crippen molar-refractivity contribution in [2.45, 2.75) is 43.9 Å². The van der Waals surface area contributed by atoms with Gasteiger partial charge in [0.1, 0.15) is 17.9 Å². The lowest BCUT2D eigenvalue weighted by Gasteiger charge is -2.38. The number of hydrazine groups is 1. The van der Waals surface area contributed by atoms with Crippen molar-refractivity contribution in [3.8, 4) is 11.8 Å². The Kier molecular flexibility index (Phi) is 6.53. The Bertz CT molecular complexity index is 1330. The predicted octanol–water partition coefficient (Wildman–Crippen LogP) is 3.82. The van der Waals surface area contributed by atoms with E-state index in [1.807, 2.05) is 6.07 Å². The monoisotopic (exact) mass is 525 g/mol. The summed E-state index contributed by atoms with van der Waals surface area (Å²) in [7, 11) is 1.44. The topological polar surface area (TPSA) is 97.7 Å². The van der Waals surface area contributed by atoms with Crippen LogP contribution in [0.3, 0.4) is 0 Å². The fourth-order valence-electron chi connectivity index (χ4n) is 5.29. The molecule has 3 aliphatic rings. The maximum Gasteiger partial charge on any atom is 0.391 e. The molecule has 2 N–H and O–H groups in total. The van der Waals surface area contributed by atoms with Crippen molar-refractivity contribution < 1.29 is 27.5 Å². The highest BCUT2D eigenvalue weighted by Crippen LogP contribution is 2.49. The second-order valence-corrected chi connectivity index (χ2v) is 9.76. The van der Waals surface area contributed by atoms with E-state index in [2.05, 4.69) is 10.7 Å². The third kappa shape index (κ3) is 4.56. The van der Waals surface area contributed by atoms with Gasteiger partial charge in [0.25, 0.3) is 11.8 Å². The van der Waals surface area contributed by atoms with Crippen LogP contribution in [0.2, 0.25) is 0 Å². The zero-order valence-electron chi connectivity index (χ0n) is 20.7. The van der Waals surface area contributed by atoms with Crippen molar-refractivity contribution in [3.05, 3.63) is 71.1 Å². The summed E-state index contributed by atoms with van der Waals surface area (Å²) in [6.45, 7) is 2.11. The van der Waals surface area contributed by atoms with Crippen LogP contribution in [0.1, 0.15) is 47.2 Å². The first kappa shape index (κ1) is 25.6. The number of carbonyl (C=O) groups is 2. The highest BCUT2D eigenvalue weighted by atomic mass is 19.4. The molecule has 2 fully saturated rings. The first-order chi connectivity index (χ1) is 18.1. The molecule has 198 valence electrons. The molecule has 11 heteroatoms. The third-order valence-electron chi connectivity index (χ3n) is 7.45. The molecule has 1 aliphatic carbocycles. The smallest absolute Gasteiger partial charge is 0.391 e. The zero-order chi connectivity index (χ0) is 27.2. The maximum absolute atomic E-state index is 13.6. The molecule has 0 aromatic heterocycles. The number of benzene rings is 2. The molecule has 0 bridgehead atoms. The van der Waals surface area contributed by atoms with Gasteiger partial charge in [-0.3, -0.25) is 19.5 Å². The van der Waals surface area contributed by atoms with E-state index in [-0.39, 0.29) is 35.8 Å². The normalized spacial score (nSPS) is 24.7. The molecular weight excluding hydrogens is 499 g/mol. The second-order valence-electron chi connectivity index (χ2n) is 9.76. The first-order valence-corrected chi connectivity index (χ1v) is 12.2. The Labute approximate surface area is 217 Å². The number of fused-ring (bicyclic) bond motifs is 1. The number of rotatable bonds is 5. The van der Waals surface area contributed by atoms with Crippen LogP contribution in [0.4, 0.5) is 18.9 Å². The van der Waals surface area contributed by atoms with Crippen LogP contribution in [0.5, 0.6) is 5.75 Å². The predicted molar refractivity (Wildman–Crippen MR) is 132 cm³/mol. The highest BCUT2D eigenvalue weighted by Gasteiger charge is 2.48. The Hall–Kier alpha value is -4.04. The minimum Gasteiger partial charge on any atom is -0.495 e. The summed E-state index contributed by atoms with van der Waals surface area (Å²) in [4.78, 5) is 28.2. The van der Waals surface area contributed by atoms with Crippen LogP contribution in [-0.4, -0.2) is 48.7 Å². The first-order valence-electron chi connectivity index (χ1n) is 12.2. The standard InChI is InChI=1S/C27H26F3N5O3/c1-15-14-34-24(22(13-32-34)33-25(36)17-5-8-23(38-2)19(9-17)12-31)26(37)35(15)21-6-3-16(4-7-21)18-10-20(11-18)27(28,29)30/h3-9,14,18,20,22,24,32H,10-11,13H2,1-2H3,(H,33,36). The van der Waals surface area contributed by atoms with E-state index in [4.69, 9.17) is 4.74 Å². The summed E-state index contributed by atoms with van der Waals surface area (Å²) >= 11 is 0. The number of ether oxygens (including phenoxy) is 1. The fraction of sp³-hybridized carbons (Fsp3) is 0.370. The Balaban J connectivity index is 1.30. The van der Waals surface area contributed by atoms with E-state index in [1.54, 1.807) is 59.4 Å². The third-order valence-corrected chi connectivity index (χ3v) is 7.45. The van der Waals surface area contributed by atoms with Gasteiger partial charge in [-0.2, -0.15) is 18.4 Å². The minimum absolute atomic E-state index is 0.0819. The van der Waals surface area contributed by atoms with E-state index in [9.17, 15) is 28.0 Å². The SMILES string of the molecule is COc1ccc(C(=O)NC2CNN3C=C(C)N(c4ccc(C5CC(C(F)(F)F)C5)cc4)C(=O)C23)cc1C#N. The number of nitrogens with zero attached hydrogens (tertiary/aromatic N) is 3. The Morgan fingerprint density at radius 3 is 2.53 bits per heavy atom. The van der Waals surface area contributed by atoms with Crippen molar-refractivity contribution >= 4 is 17.5 Å². The van der Waals surface area contributed by atoms with Crippen LogP contribution in [0, 0.1) is 17.2 Å². The van der Waals surface area contributed by atoms with Crippen molar-refractivity contribution in [2.24, 2.45) is 5.92 Å². The molecule has 2 heterocycles. The number of nitriles is 1. The van der Waals surface area contributed by atoms with Gasteiger partial charge in [-0.1, -0.05) is 12.1 Å². The fourth-order valence-corrected chi connectivity index (χ4v) is 5.29. The van der Waals surface area contributed by atoms with E-state index >= 15 is 0 Å². The van der Waals surface area contributed by atoms with Gasteiger partial charge in [0.05, 0.1) is 24.6 Å². The van der Waals surface area contributed by atoms with Crippen LogP contribution in [-0.2, 0) is 4.79 Å². The van der Waals surface area contributed by atoms with Gasteiger partial charge < -0.3 is 10.1 Å². The van der Waals surface area contributed by atoms with E-state index in [0.717, 1.165) is 5.56 Å². The lowest BCUT2D eigenvalue weighted by atomic mass is 9.71. The van der Waals surface area contributed by atoms with E-state index in [1.165, 1.54) is 13.2 Å². The summed E-state index contributed by atoms with van der Waals surface area (Å²) < 4.78 is 43.7. The lowest BCUT2D eigenvalue weighted by molar-refractivity contribution is -0.197. The molecule has 0 spiro atoms. The molecule has 2 aromatic carbocycles. The van der Waals surface area contributed by atoms with Gasteiger partial charge in [0.2, 0.25) is 0 Å². The van der Waals surface area contributed by atoms with E-state index in [0.29, 0.717) is 23.7 Å². The Morgan fingerprint density at radius 2 is 1.89 bits per heavy atom. The molecule has 1 saturated carbocycles. The van der Waals surface area contributed by atoms with Crippen LogP contribution in [0.25, 0.3) is 0 Å². The molecule has 2 amide bonds. The van der Waals surface area contributed by atoms with Crippen LogP contribution in [0.15, 0.2) is 54.4 Å². The molecule has 0 radical (unpaired) electrons. The van der Waals surface area contributed by atoms with Gasteiger partial charge in [-0.25, -0.2) is 5.43 Å². The van der Waals surface area contributed by atoms with Gasteiger partial charge in [0, 0.05) is 29.7 Å². The van der Waals surface area contributed by atoms with Crippen molar-refractivity contribution in [1.29, 1.82) is 5.26 Å². The molecule has 1 saturated heterocycles. The lowest BCUT2D eigenvalue weighted by Crippen LogP contribution is -2.56. The minimum atomic E-state index is -4.16. The number of halogens is 3. The molecular formula is C27H26F3N5O3. The van der Waals surface area contributed by atoms with Crippen LogP contribution >= 0.6 is 0 Å². The number of methoxy groups -OCH3 is 1. The van der Waals surface area contributed by atoms with Crippen LogP contribution < -0.4 is 20.4 Å². The Morgan fingerprint density at radius 1 is 1.18 bits per heavy atom. The summed E-state index contributed by atoms with van der Waals surface area (Å²) in [6.07, 6.45) is -2.21. The number of carbonyl (C=O) groups excluding carboxylic acids is 2.